The fourth-order valence-electron chi connectivity index (χ4n) is 2.29. The first-order chi connectivity index (χ1) is 11.1. The van der Waals surface area contributed by atoms with Crippen molar-refractivity contribution in [3.05, 3.63) is 0 Å². The third-order valence-electron chi connectivity index (χ3n) is 3.60. The molecule has 1 rings (SSSR count). The van der Waals surface area contributed by atoms with Crippen molar-refractivity contribution in [2.45, 2.75) is 71.1 Å². The molecule has 1 saturated heterocycles. The van der Waals surface area contributed by atoms with E-state index in [4.69, 9.17) is 14.5 Å². The highest BCUT2D eigenvalue weighted by molar-refractivity contribution is 7.46. The number of phosphoric ester groups is 1. The predicted octanol–water partition coefficient (Wildman–Crippen LogP) is 3.62. The number of rotatable bonds is 12. The molecule has 23 heavy (non-hydrogen) atoms. The lowest BCUT2D eigenvalue weighted by molar-refractivity contribution is 0.109. The Labute approximate surface area is 141 Å². The third-order valence-corrected chi connectivity index (χ3v) is 4.12. The molecule has 0 aromatic heterocycles. The molecular formula is C16H36NO5P. The van der Waals surface area contributed by atoms with Gasteiger partial charge in [-0.15, -0.1) is 0 Å². The van der Waals surface area contributed by atoms with E-state index in [1.165, 1.54) is 44.9 Å². The summed E-state index contributed by atoms with van der Waals surface area (Å²) in [6, 6.07) is 0. The first-order valence-corrected chi connectivity index (χ1v) is 10.6. The Morgan fingerprint density at radius 2 is 1.39 bits per heavy atom. The van der Waals surface area contributed by atoms with E-state index in [1.54, 1.807) is 0 Å². The molecule has 0 radical (unpaired) electrons. The van der Waals surface area contributed by atoms with Crippen LogP contribution in [0.3, 0.4) is 0 Å². The Kier molecular flexibility index (Phi) is 16.9. The van der Waals surface area contributed by atoms with Crippen LogP contribution in [-0.4, -0.2) is 42.7 Å². The smallest absolute Gasteiger partial charge is 0.379 e. The fraction of sp³-hybridized carbons (Fsp3) is 1.00. The van der Waals surface area contributed by atoms with Crippen molar-refractivity contribution in [1.29, 1.82) is 0 Å². The molecule has 7 heteroatoms. The zero-order valence-electron chi connectivity index (χ0n) is 14.7. The van der Waals surface area contributed by atoms with Crippen molar-refractivity contribution in [3.63, 3.8) is 0 Å². The van der Waals surface area contributed by atoms with E-state index < -0.39 is 7.82 Å². The summed E-state index contributed by atoms with van der Waals surface area (Å²) in [6.07, 6.45) is 12.0. The summed E-state index contributed by atoms with van der Waals surface area (Å²) in [6.45, 7) is 6.22. The lowest BCUT2D eigenvalue weighted by Crippen LogP contribution is -2.30. The maximum atomic E-state index is 10.4. The summed E-state index contributed by atoms with van der Waals surface area (Å²) < 4.78 is 19.7. The molecule has 1 aliphatic rings. The van der Waals surface area contributed by atoms with E-state index >= 15 is 0 Å². The van der Waals surface area contributed by atoms with Crippen molar-refractivity contribution in [3.8, 4) is 0 Å². The number of nitrogens with one attached hydrogen (secondary N) is 1. The molecule has 0 aromatic carbocycles. The number of unbranched alkanes of at least 4 members (excludes halogenated alkanes) is 9. The van der Waals surface area contributed by atoms with Crippen molar-refractivity contribution in [1.82, 2.24) is 5.32 Å². The molecule has 1 heterocycles. The standard InChI is InChI=1S/C12H27O4P.C4H9NO/c1-2-3-4-5-6-7-8-9-10-11-12-16-17(13,14)15;1-3-6-4-2-5-1/h2-12H2,1H3,(H2,13,14,15);5H,1-4H2. The molecule has 0 aliphatic carbocycles. The van der Waals surface area contributed by atoms with Gasteiger partial charge in [0, 0.05) is 13.1 Å². The van der Waals surface area contributed by atoms with Crippen LogP contribution >= 0.6 is 7.82 Å². The van der Waals surface area contributed by atoms with Crippen LogP contribution in [0.2, 0.25) is 0 Å². The summed E-state index contributed by atoms with van der Waals surface area (Å²) in [5, 5.41) is 3.16. The van der Waals surface area contributed by atoms with E-state index in [1.807, 2.05) is 0 Å². The van der Waals surface area contributed by atoms with Gasteiger partial charge in [-0.25, -0.2) is 4.57 Å². The van der Waals surface area contributed by atoms with Gasteiger partial charge in [0.2, 0.25) is 0 Å². The Morgan fingerprint density at radius 3 is 1.74 bits per heavy atom. The van der Waals surface area contributed by atoms with Crippen molar-refractivity contribution in [2.24, 2.45) is 0 Å². The van der Waals surface area contributed by atoms with Crippen molar-refractivity contribution < 1.29 is 23.6 Å². The van der Waals surface area contributed by atoms with Gasteiger partial charge < -0.3 is 19.8 Å². The van der Waals surface area contributed by atoms with Gasteiger partial charge in [-0.1, -0.05) is 64.7 Å². The van der Waals surface area contributed by atoms with Gasteiger partial charge in [0.25, 0.3) is 0 Å². The van der Waals surface area contributed by atoms with E-state index in [0.29, 0.717) is 0 Å². The predicted molar refractivity (Wildman–Crippen MR) is 93.5 cm³/mol. The van der Waals surface area contributed by atoms with E-state index in [-0.39, 0.29) is 6.61 Å². The summed E-state index contributed by atoms with van der Waals surface area (Å²) in [5.41, 5.74) is 0. The lowest BCUT2D eigenvalue weighted by Gasteiger charge is -2.10. The molecule has 0 bridgehead atoms. The van der Waals surface area contributed by atoms with Gasteiger partial charge in [0.1, 0.15) is 0 Å². The first kappa shape index (κ1) is 23.0. The van der Waals surface area contributed by atoms with Gasteiger partial charge in [0.15, 0.2) is 0 Å². The molecule has 0 spiro atoms. The number of morpholine rings is 1. The Hall–Kier alpha value is 0.0300. The molecule has 6 nitrogen and oxygen atoms in total. The molecule has 0 amide bonds. The monoisotopic (exact) mass is 353 g/mol. The second kappa shape index (κ2) is 16.9. The summed E-state index contributed by atoms with van der Waals surface area (Å²) in [4.78, 5) is 16.9. The second-order valence-electron chi connectivity index (χ2n) is 5.87. The topological polar surface area (TPSA) is 88.0 Å². The fourth-order valence-corrected chi connectivity index (χ4v) is 2.66. The molecule has 0 atom stereocenters. The van der Waals surface area contributed by atoms with Gasteiger partial charge in [0.05, 0.1) is 19.8 Å². The molecule has 0 unspecified atom stereocenters. The number of ether oxygens (including phenoxy) is 1. The summed E-state index contributed by atoms with van der Waals surface area (Å²) in [7, 11) is -4.24. The average Bonchev–Trinajstić information content (AvgIpc) is 2.54. The zero-order chi connectivity index (χ0) is 17.2. The van der Waals surface area contributed by atoms with Gasteiger partial charge in [-0.2, -0.15) is 0 Å². The minimum atomic E-state index is -4.24. The van der Waals surface area contributed by atoms with Gasteiger partial charge in [-0.05, 0) is 6.42 Å². The molecule has 140 valence electrons. The highest BCUT2D eigenvalue weighted by Gasteiger charge is 2.12. The Balaban J connectivity index is 0.000000664. The van der Waals surface area contributed by atoms with Crippen LogP contribution < -0.4 is 5.32 Å². The quantitative estimate of drug-likeness (QED) is 0.367. The van der Waals surface area contributed by atoms with E-state index in [0.717, 1.165) is 45.6 Å². The Morgan fingerprint density at radius 1 is 0.913 bits per heavy atom. The maximum absolute atomic E-state index is 10.4. The molecular weight excluding hydrogens is 317 g/mol. The van der Waals surface area contributed by atoms with Crippen LogP contribution in [0.5, 0.6) is 0 Å². The molecule has 0 aromatic rings. The normalized spacial score (nSPS) is 15.1. The number of hydrogen-bond acceptors (Lipinski definition) is 4. The first-order valence-electron chi connectivity index (χ1n) is 9.05. The average molecular weight is 353 g/mol. The molecule has 3 N–H and O–H groups in total. The molecule has 0 saturated carbocycles. The van der Waals surface area contributed by atoms with Crippen LogP contribution in [0.25, 0.3) is 0 Å². The van der Waals surface area contributed by atoms with Gasteiger partial charge >= 0.3 is 7.82 Å². The minimum Gasteiger partial charge on any atom is -0.379 e. The SMILES string of the molecule is C1COCCN1.CCCCCCCCCCCCOP(=O)(O)O. The lowest BCUT2D eigenvalue weighted by atomic mass is 10.1. The molecule has 1 aliphatic heterocycles. The number of phosphoric acid groups is 1. The van der Waals surface area contributed by atoms with Gasteiger partial charge in [-0.3, -0.25) is 4.52 Å². The number of hydrogen-bond donors (Lipinski definition) is 3. The van der Waals surface area contributed by atoms with Crippen LogP contribution in [-0.2, 0) is 13.8 Å². The summed E-state index contributed by atoms with van der Waals surface area (Å²) in [5.74, 6) is 0. The van der Waals surface area contributed by atoms with Crippen LogP contribution in [0, 0.1) is 0 Å². The summed E-state index contributed by atoms with van der Waals surface area (Å²) >= 11 is 0. The van der Waals surface area contributed by atoms with Crippen molar-refractivity contribution >= 4 is 7.82 Å². The van der Waals surface area contributed by atoms with Crippen LogP contribution in [0.1, 0.15) is 71.1 Å². The Bertz CT molecular complexity index is 270. The largest absolute Gasteiger partial charge is 0.469 e. The minimum absolute atomic E-state index is 0.167. The van der Waals surface area contributed by atoms with Crippen molar-refractivity contribution in [2.75, 3.05) is 32.9 Å². The zero-order valence-corrected chi connectivity index (χ0v) is 15.6. The van der Waals surface area contributed by atoms with E-state index in [9.17, 15) is 4.57 Å². The molecule has 1 fully saturated rings. The highest BCUT2D eigenvalue weighted by Crippen LogP contribution is 2.35. The van der Waals surface area contributed by atoms with Crippen LogP contribution in [0.4, 0.5) is 0 Å². The van der Waals surface area contributed by atoms with E-state index in [2.05, 4.69) is 16.8 Å². The van der Waals surface area contributed by atoms with Crippen LogP contribution in [0.15, 0.2) is 0 Å². The highest BCUT2D eigenvalue weighted by atomic mass is 31.2. The maximum Gasteiger partial charge on any atom is 0.469 e. The third kappa shape index (κ3) is 22.0. The second-order valence-corrected chi connectivity index (χ2v) is 7.11.